The lowest BCUT2D eigenvalue weighted by atomic mass is 10.1. The molecule has 1 aromatic carbocycles. The number of nitrogens with zero attached hydrogens (tertiary/aromatic N) is 1. The van der Waals surface area contributed by atoms with Crippen LogP contribution < -0.4 is 19.9 Å². The van der Waals surface area contributed by atoms with Gasteiger partial charge in [-0.2, -0.15) is 0 Å². The molecule has 1 amide bonds. The largest absolute Gasteiger partial charge is 0.497 e. The maximum atomic E-state index is 12.2. The summed E-state index contributed by atoms with van der Waals surface area (Å²) >= 11 is 0. The average Bonchev–Trinajstić information content (AvgIpc) is 2.62. The third-order valence-corrected chi connectivity index (χ3v) is 4.97. The molecule has 5 nitrogen and oxygen atoms in total. The molecule has 1 aliphatic rings. The van der Waals surface area contributed by atoms with Gasteiger partial charge in [-0.1, -0.05) is 26.2 Å². The van der Waals surface area contributed by atoms with E-state index in [-0.39, 0.29) is 5.91 Å². The van der Waals surface area contributed by atoms with Gasteiger partial charge in [0.05, 0.1) is 33.3 Å². The van der Waals surface area contributed by atoms with Crippen molar-refractivity contribution in [3.63, 3.8) is 0 Å². The molecule has 1 aromatic rings. The Kier molecular flexibility index (Phi) is 8.06. The molecule has 2 N–H and O–H groups in total. The van der Waals surface area contributed by atoms with Crippen LogP contribution in [0.2, 0.25) is 0 Å². The van der Waals surface area contributed by atoms with Crippen molar-refractivity contribution in [1.82, 2.24) is 5.32 Å². The first-order chi connectivity index (χ1) is 12.1. The second-order valence-corrected chi connectivity index (χ2v) is 7.08. The van der Waals surface area contributed by atoms with E-state index in [1.165, 1.54) is 29.8 Å². The highest BCUT2D eigenvalue weighted by atomic mass is 16.5. The normalized spacial score (nSPS) is 16.5. The predicted molar refractivity (Wildman–Crippen MR) is 103 cm³/mol. The number of ether oxygens (including phenoxy) is 1. The van der Waals surface area contributed by atoms with Gasteiger partial charge in [-0.15, -0.1) is 0 Å². The predicted octanol–water partition coefficient (Wildman–Crippen LogP) is 1.49. The summed E-state index contributed by atoms with van der Waals surface area (Å²) in [6.45, 7) is 8.90. The molecule has 1 saturated heterocycles. The SMILES string of the molecule is CCCCC[C@H](C)NC(=O)C[NH+]1CCN(c2ccc(OC)cc2)CC1. The molecule has 0 aromatic heterocycles. The van der Waals surface area contributed by atoms with Crippen molar-refractivity contribution in [3.8, 4) is 5.75 Å². The Bertz CT molecular complexity index is 510. The van der Waals surface area contributed by atoms with Crippen molar-refractivity contribution in [2.45, 2.75) is 45.6 Å². The van der Waals surface area contributed by atoms with E-state index >= 15 is 0 Å². The fraction of sp³-hybridized carbons (Fsp3) is 0.650. The lowest BCUT2D eigenvalue weighted by Crippen LogP contribution is -3.16. The third-order valence-electron chi connectivity index (χ3n) is 4.97. The summed E-state index contributed by atoms with van der Waals surface area (Å²) in [5, 5.41) is 3.15. The van der Waals surface area contributed by atoms with E-state index in [9.17, 15) is 4.79 Å². The average molecular weight is 349 g/mol. The molecule has 2 rings (SSSR count). The van der Waals surface area contributed by atoms with Crippen molar-refractivity contribution in [2.24, 2.45) is 0 Å². The molecule has 1 fully saturated rings. The van der Waals surface area contributed by atoms with Gasteiger partial charge in [0.2, 0.25) is 0 Å². The van der Waals surface area contributed by atoms with Crippen LogP contribution in [0.5, 0.6) is 5.75 Å². The number of amides is 1. The Hall–Kier alpha value is -1.75. The van der Waals surface area contributed by atoms with E-state index in [2.05, 4.69) is 36.2 Å². The van der Waals surface area contributed by atoms with Gasteiger partial charge in [-0.3, -0.25) is 4.79 Å². The van der Waals surface area contributed by atoms with Gasteiger partial charge in [0.1, 0.15) is 5.75 Å². The second kappa shape index (κ2) is 10.3. The van der Waals surface area contributed by atoms with Crippen molar-refractivity contribution < 1.29 is 14.4 Å². The van der Waals surface area contributed by atoms with Gasteiger partial charge in [0.15, 0.2) is 6.54 Å². The molecule has 140 valence electrons. The van der Waals surface area contributed by atoms with Gasteiger partial charge in [0, 0.05) is 11.7 Å². The number of rotatable bonds is 9. The number of hydrogen-bond acceptors (Lipinski definition) is 3. The van der Waals surface area contributed by atoms with E-state index in [4.69, 9.17) is 4.74 Å². The number of methoxy groups -OCH3 is 1. The van der Waals surface area contributed by atoms with Crippen LogP contribution in [0.4, 0.5) is 5.69 Å². The van der Waals surface area contributed by atoms with Gasteiger partial charge >= 0.3 is 0 Å². The fourth-order valence-corrected chi connectivity index (χ4v) is 3.38. The lowest BCUT2D eigenvalue weighted by molar-refractivity contribution is -0.892. The first-order valence-electron chi connectivity index (χ1n) is 9.64. The number of anilines is 1. The third kappa shape index (κ3) is 6.58. The number of carbonyl (C=O) groups is 1. The van der Waals surface area contributed by atoms with E-state index in [0.29, 0.717) is 12.6 Å². The standard InChI is InChI=1S/C20H33N3O2/c1-4-5-6-7-17(2)21-20(24)16-22-12-14-23(15-13-22)18-8-10-19(25-3)11-9-18/h8-11,17H,4-7,12-16H2,1-3H3,(H,21,24)/p+1/t17-/m0/s1. The van der Waals surface area contributed by atoms with Crippen LogP contribution in [0.1, 0.15) is 39.5 Å². The van der Waals surface area contributed by atoms with Crippen LogP contribution >= 0.6 is 0 Å². The zero-order valence-corrected chi connectivity index (χ0v) is 16.0. The number of piperazine rings is 1. The molecule has 1 atom stereocenters. The minimum Gasteiger partial charge on any atom is -0.497 e. The molecule has 0 unspecified atom stereocenters. The molecule has 0 radical (unpaired) electrons. The highest BCUT2D eigenvalue weighted by molar-refractivity contribution is 5.77. The highest BCUT2D eigenvalue weighted by Gasteiger charge is 2.22. The lowest BCUT2D eigenvalue weighted by Gasteiger charge is -2.33. The number of quaternary nitrogens is 1. The van der Waals surface area contributed by atoms with Crippen molar-refractivity contribution in [3.05, 3.63) is 24.3 Å². The van der Waals surface area contributed by atoms with E-state index < -0.39 is 0 Å². The Labute approximate surface area is 152 Å². The Morgan fingerprint density at radius 2 is 1.92 bits per heavy atom. The molecular weight excluding hydrogens is 314 g/mol. The highest BCUT2D eigenvalue weighted by Crippen LogP contribution is 2.18. The Balaban J connectivity index is 1.69. The maximum absolute atomic E-state index is 12.2. The van der Waals surface area contributed by atoms with Crippen LogP contribution in [0.25, 0.3) is 0 Å². The summed E-state index contributed by atoms with van der Waals surface area (Å²) < 4.78 is 5.21. The Morgan fingerprint density at radius 3 is 2.52 bits per heavy atom. The van der Waals surface area contributed by atoms with Crippen LogP contribution in [0, 0.1) is 0 Å². The summed E-state index contributed by atoms with van der Waals surface area (Å²) in [7, 11) is 1.69. The van der Waals surface area contributed by atoms with Crippen molar-refractivity contribution in [1.29, 1.82) is 0 Å². The summed E-state index contributed by atoms with van der Waals surface area (Å²) in [4.78, 5) is 16.0. The zero-order chi connectivity index (χ0) is 18.1. The number of carbonyl (C=O) groups excluding carboxylic acids is 1. The molecule has 0 aliphatic carbocycles. The molecule has 1 heterocycles. The van der Waals surface area contributed by atoms with Crippen molar-refractivity contribution in [2.75, 3.05) is 44.7 Å². The van der Waals surface area contributed by atoms with E-state index in [0.717, 1.165) is 38.3 Å². The van der Waals surface area contributed by atoms with Crippen LogP contribution in [0.15, 0.2) is 24.3 Å². The van der Waals surface area contributed by atoms with Crippen LogP contribution in [-0.2, 0) is 4.79 Å². The minimum absolute atomic E-state index is 0.192. The maximum Gasteiger partial charge on any atom is 0.275 e. The quantitative estimate of drug-likeness (QED) is 0.665. The zero-order valence-electron chi connectivity index (χ0n) is 16.0. The van der Waals surface area contributed by atoms with E-state index in [1.54, 1.807) is 7.11 Å². The summed E-state index contributed by atoms with van der Waals surface area (Å²) in [5.74, 6) is 1.08. The fourth-order valence-electron chi connectivity index (χ4n) is 3.38. The molecule has 25 heavy (non-hydrogen) atoms. The van der Waals surface area contributed by atoms with Crippen molar-refractivity contribution >= 4 is 11.6 Å². The summed E-state index contributed by atoms with van der Waals surface area (Å²) in [6.07, 6.45) is 4.76. The number of hydrogen-bond donors (Lipinski definition) is 2. The summed E-state index contributed by atoms with van der Waals surface area (Å²) in [5.41, 5.74) is 1.23. The van der Waals surface area contributed by atoms with Gasteiger partial charge in [-0.05, 0) is 37.6 Å². The monoisotopic (exact) mass is 348 g/mol. The topological polar surface area (TPSA) is 46.0 Å². The second-order valence-electron chi connectivity index (χ2n) is 7.08. The number of benzene rings is 1. The first-order valence-corrected chi connectivity index (χ1v) is 9.64. The number of unbranched alkanes of at least 4 members (excludes halogenated alkanes) is 2. The first kappa shape index (κ1) is 19.6. The van der Waals surface area contributed by atoms with Crippen LogP contribution in [0.3, 0.4) is 0 Å². The molecular formula is C20H34N3O2+. The van der Waals surface area contributed by atoms with E-state index in [1.807, 2.05) is 12.1 Å². The summed E-state index contributed by atoms with van der Waals surface area (Å²) in [6, 6.07) is 8.51. The van der Waals surface area contributed by atoms with Gasteiger partial charge < -0.3 is 19.9 Å². The van der Waals surface area contributed by atoms with Crippen LogP contribution in [-0.4, -0.2) is 51.8 Å². The molecule has 0 spiro atoms. The minimum atomic E-state index is 0.192. The van der Waals surface area contributed by atoms with Gasteiger partial charge in [-0.25, -0.2) is 0 Å². The smallest absolute Gasteiger partial charge is 0.275 e. The molecule has 0 saturated carbocycles. The molecule has 0 bridgehead atoms. The van der Waals surface area contributed by atoms with Gasteiger partial charge in [0.25, 0.3) is 5.91 Å². The molecule has 5 heteroatoms. The molecule has 1 aliphatic heterocycles. The number of nitrogens with one attached hydrogen (secondary N) is 2. The Morgan fingerprint density at radius 1 is 1.24 bits per heavy atom.